The van der Waals surface area contributed by atoms with Crippen LogP contribution in [0.15, 0.2) is 106 Å². The number of hydrogen-bond acceptors (Lipinski definition) is 6. The molecule has 0 aromatic heterocycles. The fraction of sp³-hybridized carbons (Fsp3) is 0.179. The second kappa shape index (κ2) is 13.2. The molecule has 0 bridgehead atoms. The fourth-order valence-corrected chi connectivity index (χ4v) is 3.97. The van der Waals surface area contributed by atoms with Crippen LogP contribution in [0.3, 0.4) is 0 Å². The van der Waals surface area contributed by atoms with Crippen LogP contribution in [0, 0.1) is 0 Å². The molecule has 0 aliphatic carbocycles. The Hall–Kier alpha value is -3.64. The van der Waals surface area contributed by atoms with E-state index in [0.717, 1.165) is 29.1 Å². The summed E-state index contributed by atoms with van der Waals surface area (Å²) in [5.41, 5.74) is 3.25. The van der Waals surface area contributed by atoms with E-state index in [9.17, 15) is 14.4 Å². The fourth-order valence-electron chi connectivity index (χ4n) is 3.13. The summed E-state index contributed by atoms with van der Waals surface area (Å²) >= 11 is 1.60. The molecule has 0 spiro atoms. The molecule has 0 unspecified atom stereocenters. The summed E-state index contributed by atoms with van der Waals surface area (Å²) < 4.78 is 0. The minimum absolute atomic E-state index is 0.133. The van der Waals surface area contributed by atoms with Gasteiger partial charge in [-0.05, 0) is 49.2 Å². The topological polar surface area (TPSA) is 72.5 Å². The molecule has 3 aromatic carbocycles. The van der Waals surface area contributed by atoms with Crippen LogP contribution >= 0.6 is 11.8 Å². The molecule has 0 saturated carbocycles. The molecule has 0 amide bonds. The Morgan fingerprint density at radius 1 is 0.765 bits per heavy atom. The number of allylic oxidation sites excluding steroid dienone is 2. The highest BCUT2D eigenvalue weighted by Crippen LogP contribution is 2.27. The molecule has 34 heavy (non-hydrogen) atoms. The number of ketones is 2. The van der Waals surface area contributed by atoms with Gasteiger partial charge in [0.05, 0.1) is 0 Å². The van der Waals surface area contributed by atoms with Gasteiger partial charge in [-0.3, -0.25) is 9.59 Å². The number of unbranched alkanes of at least 4 members (excludes halogenated alkanes) is 3. The molecule has 0 aliphatic rings. The highest BCUT2D eigenvalue weighted by Gasteiger charge is 2.20. The van der Waals surface area contributed by atoms with E-state index in [4.69, 9.17) is 4.84 Å². The molecule has 1 N–H and O–H groups in total. The van der Waals surface area contributed by atoms with E-state index in [1.807, 2.05) is 42.5 Å². The van der Waals surface area contributed by atoms with Crippen molar-refractivity contribution in [3.8, 4) is 0 Å². The van der Waals surface area contributed by atoms with Gasteiger partial charge in [-0.1, -0.05) is 86.1 Å². The molecular weight excluding hydrogens is 446 g/mol. The van der Waals surface area contributed by atoms with Crippen molar-refractivity contribution < 1.29 is 19.2 Å². The van der Waals surface area contributed by atoms with Crippen molar-refractivity contribution in [3.05, 3.63) is 108 Å². The van der Waals surface area contributed by atoms with Gasteiger partial charge in [0.1, 0.15) is 5.70 Å². The van der Waals surface area contributed by atoms with Gasteiger partial charge in [-0.15, -0.1) is 0 Å². The smallest absolute Gasteiger partial charge is 0.335 e. The summed E-state index contributed by atoms with van der Waals surface area (Å²) in [6.45, 7) is 2.10. The molecular formula is C28H27NO4S. The molecule has 0 aliphatic heterocycles. The standard InChI is InChI=1S/C28H27NO4S/c1-2-3-4-11-16-25(29-33-28(32)27(31)21-12-7-5-8-13-21)26(30)22-17-19-24(20-18-22)34-23-14-9-6-10-15-23/h5-10,12-20,29H,2-4,11H2,1H3/b25-16-. The zero-order chi connectivity index (χ0) is 24.2. The van der Waals surface area contributed by atoms with Crippen LogP contribution in [0.1, 0.15) is 53.3 Å². The Balaban J connectivity index is 1.68. The lowest BCUT2D eigenvalue weighted by atomic mass is 10.1. The van der Waals surface area contributed by atoms with Crippen molar-refractivity contribution in [2.24, 2.45) is 0 Å². The number of nitrogens with one attached hydrogen (secondary N) is 1. The lowest BCUT2D eigenvalue weighted by molar-refractivity contribution is -0.143. The van der Waals surface area contributed by atoms with Gasteiger partial charge in [-0.2, -0.15) is 0 Å². The van der Waals surface area contributed by atoms with Crippen molar-refractivity contribution >= 4 is 29.3 Å². The molecule has 5 nitrogen and oxygen atoms in total. The van der Waals surface area contributed by atoms with Gasteiger partial charge in [0, 0.05) is 20.9 Å². The van der Waals surface area contributed by atoms with Crippen LogP contribution in [0.25, 0.3) is 0 Å². The van der Waals surface area contributed by atoms with Crippen molar-refractivity contribution in [1.82, 2.24) is 5.48 Å². The molecule has 3 aromatic rings. The van der Waals surface area contributed by atoms with E-state index < -0.39 is 11.8 Å². The molecule has 3 rings (SSSR count). The summed E-state index contributed by atoms with van der Waals surface area (Å²) in [4.78, 5) is 44.7. The van der Waals surface area contributed by atoms with Gasteiger partial charge in [0.2, 0.25) is 5.78 Å². The monoisotopic (exact) mass is 473 g/mol. The maximum absolute atomic E-state index is 13.1. The molecule has 0 radical (unpaired) electrons. The van der Waals surface area contributed by atoms with Gasteiger partial charge in [0.25, 0.3) is 5.78 Å². The third kappa shape index (κ3) is 7.46. The van der Waals surface area contributed by atoms with Gasteiger partial charge in [0.15, 0.2) is 0 Å². The Morgan fingerprint density at radius 3 is 2.00 bits per heavy atom. The number of hydrogen-bond donors (Lipinski definition) is 1. The first-order chi connectivity index (χ1) is 16.6. The molecule has 0 saturated heterocycles. The van der Waals surface area contributed by atoms with Crippen LogP contribution in [-0.4, -0.2) is 17.5 Å². The summed E-state index contributed by atoms with van der Waals surface area (Å²) in [6, 6.07) is 25.4. The van der Waals surface area contributed by atoms with Crippen molar-refractivity contribution in [1.29, 1.82) is 0 Å². The lowest BCUT2D eigenvalue weighted by Gasteiger charge is -2.11. The molecule has 174 valence electrons. The minimum atomic E-state index is -1.08. The number of Topliss-reactive ketones (excluding diaryl/α,β-unsaturated/α-hetero) is 2. The van der Waals surface area contributed by atoms with Crippen molar-refractivity contribution in [2.45, 2.75) is 42.4 Å². The Bertz CT molecular complexity index is 1130. The molecule has 6 heteroatoms. The SMILES string of the molecule is CCCCC/C=C(\NOC(=O)C(=O)c1ccccc1)C(=O)c1ccc(Sc2ccccc2)cc1. The van der Waals surface area contributed by atoms with E-state index in [0.29, 0.717) is 12.0 Å². The zero-order valence-electron chi connectivity index (χ0n) is 19.0. The Morgan fingerprint density at radius 2 is 1.35 bits per heavy atom. The summed E-state index contributed by atoms with van der Waals surface area (Å²) in [7, 11) is 0. The van der Waals surface area contributed by atoms with Crippen LogP contribution in [-0.2, 0) is 9.63 Å². The Kier molecular flexibility index (Phi) is 9.67. The lowest BCUT2D eigenvalue weighted by Crippen LogP contribution is -2.28. The third-order valence-corrected chi connectivity index (χ3v) is 5.99. The summed E-state index contributed by atoms with van der Waals surface area (Å²) in [6.07, 6.45) is 5.33. The minimum Gasteiger partial charge on any atom is -0.335 e. The average molecular weight is 474 g/mol. The predicted molar refractivity (Wildman–Crippen MR) is 134 cm³/mol. The van der Waals surface area contributed by atoms with Gasteiger partial charge in [-0.25, -0.2) is 10.3 Å². The van der Waals surface area contributed by atoms with Crippen molar-refractivity contribution in [2.75, 3.05) is 0 Å². The van der Waals surface area contributed by atoms with E-state index >= 15 is 0 Å². The van der Waals surface area contributed by atoms with E-state index in [1.165, 1.54) is 12.1 Å². The maximum atomic E-state index is 13.1. The maximum Gasteiger partial charge on any atom is 0.403 e. The zero-order valence-corrected chi connectivity index (χ0v) is 19.8. The molecule has 0 heterocycles. The number of rotatable bonds is 12. The van der Waals surface area contributed by atoms with Crippen LogP contribution in [0.2, 0.25) is 0 Å². The van der Waals surface area contributed by atoms with Crippen LogP contribution in [0.5, 0.6) is 0 Å². The number of carbonyl (C=O) groups excluding carboxylic acids is 3. The first kappa shape index (κ1) is 25.0. The number of benzene rings is 3. The first-order valence-electron chi connectivity index (χ1n) is 11.2. The second-order valence-corrected chi connectivity index (χ2v) is 8.72. The van der Waals surface area contributed by atoms with E-state index in [1.54, 1.807) is 48.2 Å². The highest BCUT2D eigenvalue weighted by molar-refractivity contribution is 7.99. The third-order valence-electron chi connectivity index (χ3n) is 4.97. The normalized spacial score (nSPS) is 11.0. The van der Waals surface area contributed by atoms with Gasteiger partial charge < -0.3 is 4.84 Å². The molecule has 0 fully saturated rings. The van der Waals surface area contributed by atoms with Crippen molar-refractivity contribution in [3.63, 3.8) is 0 Å². The number of carbonyl (C=O) groups is 3. The largest absolute Gasteiger partial charge is 0.403 e. The Labute approximate surface area is 204 Å². The summed E-state index contributed by atoms with van der Waals surface area (Å²) in [5.74, 6) is -2.17. The average Bonchev–Trinajstić information content (AvgIpc) is 2.89. The summed E-state index contributed by atoms with van der Waals surface area (Å²) in [5, 5.41) is 0. The van der Waals surface area contributed by atoms with E-state index in [2.05, 4.69) is 12.4 Å². The van der Waals surface area contributed by atoms with E-state index in [-0.39, 0.29) is 17.0 Å². The van der Waals surface area contributed by atoms with Crippen LogP contribution < -0.4 is 5.48 Å². The molecule has 0 atom stereocenters. The predicted octanol–water partition coefficient (Wildman–Crippen LogP) is 6.42. The van der Waals surface area contributed by atoms with Crippen LogP contribution in [0.4, 0.5) is 0 Å². The second-order valence-electron chi connectivity index (χ2n) is 7.57. The highest BCUT2D eigenvalue weighted by atomic mass is 32.2. The number of hydroxylamine groups is 1. The first-order valence-corrected chi connectivity index (χ1v) is 12.0. The quantitative estimate of drug-likeness (QED) is 0.108. The van der Waals surface area contributed by atoms with Gasteiger partial charge >= 0.3 is 5.97 Å².